The summed E-state index contributed by atoms with van der Waals surface area (Å²) in [6, 6.07) is 0.508. The average Bonchev–Trinajstić information content (AvgIpc) is 2.88. The molecule has 0 bridgehead atoms. The van der Waals surface area contributed by atoms with E-state index in [4.69, 9.17) is 0 Å². The van der Waals surface area contributed by atoms with E-state index in [1.54, 1.807) is 0 Å². The first-order valence-corrected chi connectivity index (χ1v) is 10.9. The van der Waals surface area contributed by atoms with Crippen molar-refractivity contribution in [2.45, 2.75) is 69.9 Å². The SMILES string of the molecule is CC1(O)CCCCC1C1CCCN1CC1CCS(=O)(=O)CC1. The fourth-order valence-electron chi connectivity index (χ4n) is 4.94. The van der Waals surface area contributed by atoms with Gasteiger partial charge in [-0.1, -0.05) is 12.8 Å². The number of hydrogen-bond donors (Lipinski definition) is 1. The molecule has 0 aromatic heterocycles. The molecule has 22 heavy (non-hydrogen) atoms. The van der Waals surface area contributed by atoms with Crippen LogP contribution in [0.15, 0.2) is 0 Å². The van der Waals surface area contributed by atoms with Crippen molar-refractivity contribution in [3.8, 4) is 0 Å². The Morgan fingerprint density at radius 1 is 1.09 bits per heavy atom. The van der Waals surface area contributed by atoms with Crippen LogP contribution in [0.4, 0.5) is 0 Å². The van der Waals surface area contributed by atoms with Gasteiger partial charge in [0.25, 0.3) is 0 Å². The van der Waals surface area contributed by atoms with Gasteiger partial charge in [0.2, 0.25) is 0 Å². The second-order valence-electron chi connectivity index (χ2n) is 8.01. The quantitative estimate of drug-likeness (QED) is 0.862. The van der Waals surface area contributed by atoms with Gasteiger partial charge in [0, 0.05) is 18.5 Å². The van der Waals surface area contributed by atoms with Crippen LogP contribution in [0, 0.1) is 11.8 Å². The molecule has 3 unspecified atom stereocenters. The predicted octanol–water partition coefficient (Wildman–Crippen LogP) is 2.22. The van der Waals surface area contributed by atoms with Crippen LogP contribution in [0.1, 0.15) is 58.3 Å². The van der Waals surface area contributed by atoms with Crippen LogP contribution in [0.2, 0.25) is 0 Å². The molecule has 0 aromatic carbocycles. The molecule has 0 spiro atoms. The molecule has 128 valence electrons. The highest BCUT2D eigenvalue weighted by Crippen LogP contribution is 2.41. The second-order valence-corrected chi connectivity index (χ2v) is 10.3. The van der Waals surface area contributed by atoms with Gasteiger partial charge in [0.05, 0.1) is 17.1 Å². The van der Waals surface area contributed by atoms with E-state index in [2.05, 4.69) is 4.90 Å². The fourth-order valence-corrected chi connectivity index (χ4v) is 6.53. The van der Waals surface area contributed by atoms with E-state index in [0.29, 0.717) is 29.4 Å². The summed E-state index contributed by atoms with van der Waals surface area (Å²) in [7, 11) is -2.76. The zero-order valence-electron chi connectivity index (χ0n) is 13.8. The minimum Gasteiger partial charge on any atom is -0.390 e. The van der Waals surface area contributed by atoms with Crippen LogP contribution in [0.3, 0.4) is 0 Å². The van der Waals surface area contributed by atoms with Crippen molar-refractivity contribution in [1.29, 1.82) is 0 Å². The van der Waals surface area contributed by atoms with Gasteiger partial charge >= 0.3 is 0 Å². The Labute approximate surface area is 135 Å². The largest absolute Gasteiger partial charge is 0.390 e. The minimum absolute atomic E-state index is 0.372. The summed E-state index contributed by atoms with van der Waals surface area (Å²) in [6.45, 7) is 4.19. The van der Waals surface area contributed by atoms with E-state index in [0.717, 1.165) is 45.2 Å². The number of hydrogen-bond acceptors (Lipinski definition) is 4. The molecule has 0 amide bonds. The summed E-state index contributed by atoms with van der Waals surface area (Å²) in [5.41, 5.74) is -0.512. The zero-order valence-corrected chi connectivity index (χ0v) is 14.7. The first-order chi connectivity index (χ1) is 10.4. The normalized spacial score (nSPS) is 40.8. The minimum atomic E-state index is -2.76. The van der Waals surface area contributed by atoms with Crippen molar-refractivity contribution in [2.24, 2.45) is 11.8 Å². The molecule has 0 radical (unpaired) electrons. The lowest BCUT2D eigenvalue weighted by molar-refractivity contribution is -0.0634. The number of nitrogens with zero attached hydrogens (tertiary/aromatic N) is 1. The lowest BCUT2D eigenvalue weighted by atomic mass is 9.72. The molecule has 5 heteroatoms. The summed E-state index contributed by atoms with van der Waals surface area (Å²) in [5, 5.41) is 10.8. The summed E-state index contributed by atoms with van der Waals surface area (Å²) in [5.74, 6) is 1.67. The van der Waals surface area contributed by atoms with Gasteiger partial charge < -0.3 is 5.11 Å². The van der Waals surface area contributed by atoms with Gasteiger partial charge in [0.15, 0.2) is 0 Å². The maximum atomic E-state index is 11.6. The molecule has 3 rings (SSSR count). The lowest BCUT2D eigenvalue weighted by Crippen LogP contribution is -2.50. The first-order valence-electron chi connectivity index (χ1n) is 9.04. The molecule has 3 aliphatic rings. The van der Waals surface area contributed by atoms with Crippen molar-refractivity contribution in [3.63, 3.8) is 0 Å². The van der Waals surface area contributed by atoms with Crippen LogP contribution in [-0.4, -0.2) is 54.7 Å². The highest BCUT2D eigenvalue weighted by molar-refractivity contribution is 7.91. The molecule has 1 aliphatic carbocycles. The Kier molecular flexibility index (Phi) is 4.87. The molecule has 0 aromatic rings. The van der Waals surface area contributed by atoms with Crippen LogP contribution in [0.25, 0.3) is 0 Å². The van der Waals surface area contributed by atoms with Crippen molar-refractivity contribution in [3.05, 3.63) is 0 Å². The Balaban J connectivity index is 1.61. The summed E-state index contributed by atoms with van der Waals surface area (Å²) in [6.07, 6.45) is 8.55. The van der Waals surface area contributed by atoms with Crippen LogP contribution < -0.4 is 0 Å². The molecule has 3 atom stereocenters. The molecule has 2 saturated heterocycles. The average molecular weight is 330 g/mol. The number of aliphatic hydroxyl groups is 1. The van der Waals surface area contributed by atoms with E-state index in [9.17, 15) is 13.5 Å². The summed E-state index contributed by atoms with van der Waals surface area (Å²) in [4.78, 5) is 2.58. The van der Waals surface area contributed by atoms with Crippen molar-refractivity contribution >= 4 is 9.84 Å². The van der Waals surface area contributed by atoms with E-state index < -0.39 is 15.4 Å². The molecule has 4 nitrogen and oxygen atoms in total. The smallest absolute Gasteiger partial charge is 0.150 e. The summed E-state index contributed by atoms with van der Waals surface area (Å²) < 4.78 is 23.2. The Bertz CT molecular complexity index is 474. The first kappa shape index (κ1) is 16.7. The molecule has 2 aliphatic heterocycles. The standard InChI is InChI=1S/C17H31NO3S/c1-17(19)9-3-2-5-15(17)16-6-4-10-18(16)13-14-7-11-22(20,21)12-8-14/h14-16,19H,2-13H2,1H3. The highest BCUT2D eigenvalue weighted by atomic mass is 32.2. The van der Waals surface area contributed by atoms with Gasteiger partial charge in [-0.05, 0) is 57.9 Å². The summed E-state index contributed by atoms with van der Waals surface area (Å²) >= 11 is 0. The number of rotatable bonds is 3. The lowest BCUT2D eigenvalue weighted by Gasteiger charge is -2.44. The fraction of sp³-hybridized carbons (Fsp3) is 1.00. The van der Waals surface area contributed by atoms with Gasteiger partial charge in [-0.2, -0.15) is 0 Å². The van der Waals surface area contributed by atoms with Gasteiger partial charge in [-0.3, -0.25) is 4.90 Å². The van der Waals surface area contributed by atoms with E-state index in [-0.39, 0.29) is 0 Å². The van der Waals surface area contributed by atoms with Crippen LogP contribution in [0.5, 0.6) is 0 Å². The molecule has 1 saturated carbocycles. The third kappa shape index (κ3) is 3.68. The third-order valence-corrected chi connectivity index (χ3v) is 8.01. The van der Waals surface area contributed by atoms with Crippen LogP contribution in [-0.2, 0) is 9.84 Å². The zero-order chi connectivity index (χ0) is 15.8. The van der Waals surface area contributed by atoms with Gasteiger partial charge in [0.1, 0.15) is 9.84 Å². The van der Waals surface area contributed by atoms with E-state index >= 15 is 0 Å². The highest BCUT2D eigenvalue weighted by Gasteiger charge is 2.43. The topological polar surface area (TPSA) is 57.6 Å². The maximum Gasteiger partial charge on any atom is 0.150 e. The monoisotopic (exact) mass is 329 g/mol. The Hall–Kier alpha value is -0.130. The third-order valence-electron chi connectivity index (χ3n) is 6.29. The molecule has 3 fully saturated rings. The van der Waals surface area contributed by atoms with Crippen molar-refractivity contribution in [2.75, 3.05) is 24.6 Å². The number of likely N-dealkylation sites (tertiary alicyclic amines) is 1. The van der Waals surface area contributed by atoms with Gasteiger partial charge in [-0.15, -0.1) is 0 Å². The molecular weight excluding hydrogens is 298 g/mol. The van der Waals surface area contributed by atoms with Crippen molar-refractivity contribution in [1.82, 2.24) is 4.90 Å². The maximum absolute atomic E-state index is 11.6. The molecule has 1 N–H and O–H groups in total. The molecule has 2 heterocycles. The second kappa shape index (κ2) is 6.40. The van der Waals surface area contributed by atoms with E-state index in [1.165, 1.54) is 19.3 Å². The van der Waals surface area contributed by atoms with Crippen molar-refractivity contribution < 1.29 is 13.5 Å². The predicted molar refractivity (Wildman–Crippen MR) is 88.6 cm³/mol. The van der Waals surface area contributed by atoms with Crippen LogP contribution >= 0.6 is 0 Å². The number of sulfone groups is 1. The van der Waals surface area contributed by atoms with E-state index in [1.807, 2.05) is 6.92 Å². The Morgan fingerprint density at radius 2 is 1.82 bits per heavy atom. The Morgan fingerprint density at radius 3 is 2.50 bits per heavy atom. The van der Waals surface area contributed by atoms with Gasteiger partial charge in [-0.25, -0.2) is 8.42 Å². The molecular formula is C17H31NO3S.